The topological polar surface area (TPSA) is 351 Å². The molecule has 67 heavy (non-hydrogen) atoms. The molecule has 374 valence electrons. The number of amides is 7. The van der Waals surface area contributed by atoms with Crippen molar-refractivity contribution in [3.63, 3.8) is 0 Å². The highest BCUT2D eigenvalue weighted by Gasteiger charge is 2.34. The molecule has 28 nitrogen and oxygen atoms in total. The second-order valence-electron chi connectivity index (χ2n) is 15.9. The molecule has 1 aromatic heterocycles. The monoisotopic (exact) mass is 955 g/mol. The fourth-order valence-electron chi connectivity index (χ4n) is 6.62. The van der Waals surface area contributed by atoms with E-state index in [2.05, 4.69) is 26.3 Å². The number of hydrogen-bond acceptors (Lipinski definition) is 20. The molecule has 0 bridgehead atoms. The molecule has 1 fully saturated rings. The van der Waals surface area contributed by atoms with E-state index in [-0.39, 0.29) is 101 Å². The van der Waals surface area contributed by atoms with Crippen molar-refractivity contribution in [2.24, 2.45) is 5.41 Å². The number of carbonyl (C=O) groups is 7. The average Bonchev–Trinajstić information content (AvgIpc) is 3.78. The largest absolute Gasteiger partial charge is 0.380 e. The second kappa shape index (κ2) is 26.8. The summed E-state index contributed by atoms with van der Waals surface area (Å²) in [6, 6.07) is -0.231. The normalized spacial score (nSPS) is 14.2. The van der Waals surface area contributed by atoms with E-state index in [4.69, 9.17) is 23.6 Å². The molecule has 28 heteroatoms. The van der Waals surface area contributed by atoms with Crippen molar-refractivity contribution in [3.8, 4) is 0 Å². The Balaban J connectivity index is 1.69. The van der Waals surface area contributed by atoms with Crippen molar-refractivity contribution < 1.29 is 77.7 Å². The number of nitrogens with zero attached hydrogens (tertiary/aromatic N) is 8. The van der Waals surface area contributed by atoms with Crippen molar-refractivity contribution in [1.29, 1.82) is 0 Å². The van der Waals surface area contributed by atoms with Gasteiger partial charge in [-0.2, -0.15) is 0 Å². The molecule has 1 saturated heterocycles. The van der Waals surface area contributed by atoms with Crippen LogP contribution in [0.25, 0.3) is 11.0 Å². The summed E-state index contributed by atoms with van der Waals surface area (Å²) in [4.78, 5) is 102. The van der Waals surface area contributed by atoms with Gasteiger partial charge >= 0.3 is 5.69 Å². The van der Waals surface area contributed by atoms with Gasteiger partial charge in [-0.1, -0.05) is 0 Å². The highest BCUT2D eigenvalue weighted by molar-refractivity contribution is 5.94. The number of ether oxygens (including phenoxy) is 4. The number of fused-ring (bicyclic) bond motifs is 1. The molecule has 6 N–H and O–H groups in total. The van der Waals surface area contributed by atoms with Gasteiger partial charge in [0.2, 0.25) is 29.1 Å². The van der Waals surface area contributed by atoms with Gasteiger partial charge in [-0.3, -0.25) is 59.3 Å². The molecule has 0 radical (unpaired) electrons. The Hall–Kier alpha value is -6.17. The Kier molecular flexibility index (Phi) is 22.1. The minimum absolute atomic E-state index is 0.0104. The Morgan fingerprint density at radius 2 is 1.04 bits per heavy atom. The standard InChI is InChI=1S/C39H61N11O17/c1-25(36(55)45(4)58)40-30(51)9-17-63-21-39(22-64-18-10-31(52)41-26(2)37(56)46(5)59,23-65-19-11-32(53)42-27(3)38(57)47(6)60)24-66-20-12-33(54)49-15-13-48(14-16-49)28-7-8-29(50(61)62)35-34(28)43-67-44-35/h7-8,25-27,58-60H,9-24H2,1-6H3,(H,40,51)(H,41,52)(H,42,53)/t25-,26-,27-/m0/s1. The Morgan fingerprint density at radius 3 is 1.42 bits per heavy atom. The van der Waals surface area contributed by atoms with Crippen LogP contribution in [0.4, 0.5) is 11.4 Å². The maximum atomic E-state index is 13.4. The summed E-state index contributed by atoms with van der Waals surface area (Å²) in [6.45, 7) is 4.21. The lowest BCUT2D eigenvalue weighted by atomic mass is 9.92. The van der Waals surface area contributed by atoms with Gasteiger partial charge in [0.1, 0.15) is 18.1 Å². The summed E-state index contributed by atoms with van der Waals surface area (Å²) in [5.41, 5.74) is -0.653. The van der Waals surface area contributed by atoms with Gasteiger partial charge in [0.25, 0.3) is 17.7 Å². The molecule has 0 saturated carbocycles. The van der Waals surface area contributed by atoms with Crippen LogP contribution < -0.4 is 20.9 Å². The fourth-order valence-corrected chi connectivity index (χ4v) is 6.62. The predicted molar refractivity (Wildman–Crippen MR) is 228 cm³/mol. The van der Waals surface area contributed by atoms with Gasteiger partial charge in [-0.05, 0) is 37.2 Å². The Labute approximate surface area is 384 Å². The van der Waals surface area contributed by atoms with E-state index in [1.165, 1.54) is 26.8 Å². The molecule has 1 aliphatic rings. The van der Waals surface area contributed by atoms with Crippen molar-refractivity contribution in [3.05, 3.63) is 22.2 Å². The summed E-state index contributed by atoms with van der Waals surface area (Å²) in [7, 11) is 3.35. The van der Waals surface area contributed by atoms with Gasteiger partial charge < -0.3 is 44.7 Å². The summed E-state index contributed by atoms with van der Waals surface area (Å²) < 4.78 is 28.6. The van der Waals surface area contributed by atoms with Crippen molar-refractivity contribution >= 4 is 63.8 Å². The first-order valence-corrected chi connectivity index (χ1v) is 21.2. The Bertz CT molecular complexity index is 1890. The number of nitro groups is 1. The second-order valence-corrected chi connectivity index (χ2v) is 15.9. The number of anilines is 1. The van der Waals surface area contributed by atoms with Crippen LogP contribution in [0.2, 0.25) is 0 Å². The smallest absolute Gasteiger partial charge is 0.300 e. The number of aromatic nitrogens is 2. The first-order valence-electron chi connectivity index (χ1n) is 21.2. The number of nitro benzene ring substituents is 1. The van der Waals surface area contributed by atoms with Crippen LogP contribution in [-0.2, 0) is 52.5 Å². The van der Waals surface area contributed by atoms with Crippen LogP contribution in [0.1, 0.15) is 46.5 Å². The molecular formula is C39H61N11O17. The minimum Gasteiger partial charge on any atom is -0.380 e. The van der Waals surface area contributed by atoms with Crippen LogP contribution in [0.3, 0.4) is 0 Å². The van der Waals surface area contributed by atoms with Gasteiger partial charge in [-0.25, -0.2) is 19.8 Å². The number of likely N-dealkylation sites (N-methyl/N-ethyl adjacent to an activating group) is 3. The molecule has 3 rings (SSSR count). The number of rotatable bonds is 28. The van der Waals surface area contributed by atoms with Crippen LogP contribution in [0.15, 0.2) is 16.8 Å². The van der Waals surface area contributed by atoms with E-state index >= 15 is 0 Å². The van der Waals surface area contributed by atoms with Crippen molar-refractivity contribution in [1.82, 2.24) is 46.4 Å². The van der Waals surface area contributed by atoms with Crippen LogP contribution in [0, 0.1) is 15.5 Å². The number of piperazine rings is 1. The summed E-state index contributed by atoms with van der Waals surface area (Å²) in [5, 5.41) is 55.6. The van der Waals surface area contributed by atoms with Crippen molar-refractivity contribution in [2.75, 3.05) is 105 Å². The molecule has 1 aliphatic heterocycles. The summed E-state index contributed by atoms with van der Waals surface area (Å²) >= 11 is 0. The molecular weight excluding hydrogens is 894 g/mol. The van der Waals surface area contributed by atoms with Gasteiger partial charge in [0.15, 0.2) is 5.52 Å². The molecule has 3 atom stereocenters. The van der Waals surface area contributed by atoms with E-state index in [9.17, 15) is 59.3 Å². The number of benzene rings is 1. The highest BCUT2D eigenvalue weighted by Crippen LogP contribution is 2.32. The minimum atomic E-state index is -1.21. The fraction of sp³-hybridized carbons (Fsp3) is 0.667. The van der Waals surface area contributed by atoms with Gasteiger partial charge in [0, 0.05) is 72.7 Å². The van der Waals surface area contributed by atoms with Crippen LogP contribution in [0.5, 0.6) is 0 Å². The first kappa shape index (κ1) is 55.2. The van der Waals surface area contributed by atoms with Gasteiger partial charge in [0.05, 0.1) is 75.3 Å². The van der Waals surface area contributed by atoms with Gasteiger partial charge in [-0.15, -0.1) is 0 Å². The number of hydrogen-bond donors (Lipinski definition) is 6. The molecule has 2 aromatic rings. The highest BCUT2D eigenvalue weighted by atomic mass is 16.6. The molecule has 7 amide bonds. The first-order chi connectivity index (χ1) is 31.7. The third-order valence-electron chi connectivity index (χ3n) is 10.3. The Morgan fingerprint density at radius 1 is 0.672 bits per heavy atom. The lowest BCUT2D eigenvalue weighted by Gasteiger charge is -2.36. The van der Waals surface area contributed by atoms with Crippen LogP contribution in [-0.4, -0.2) is 211 Å². The number of carbonyl (C=O) groups excluding carboxylic acids is 7. The van der Waals surface area contributed by atoms with E-state index in [0.717, 1.165) is 21.1 Å². The van der Waals surface area contributed by atoms with Crippen molar-refractivity contribution in [2.45, 2.75) is 64.6 Å². The van der Waals surface area contributed by atoms with E-state index < -0.39 is 63.9 Å². The van der Waals surface area contributed by atoms with E-state index in [1.807, 2.05) is 4.90 Å². The lowest BCUT2D eigenvalue weighted by molar-refractivity contribution is -0.383. The molecule has 1 aromatic carbocycles. The number of hydroxylamine groups is 6. The maximum absolute atomic E-state index is 13.4. The average molecular weight is 956 g/mol. The van der Waals surface area contributed by atoms with E-state index in [0.29, 0.717) is 47.1 Å². The van der Waals surface area contributed by atoms with E-state index in [1.54, 1.807) is 11.0 Å². The summed E-state index contributed by atoms with van der Waals surface area (Å²) in [5.74, 6) is -4.17. The third kappa shape index (κ3) is 17.5. The molecule has 2 heterocycles. The summed E-state index contributed by atoms with van der Waals surface area (Å²) in [6.07, 6.45) is -0.679. The number of nitrogens with one attached hydrogen (secondary N) is 3. The SMILES string of the molecule is C[C@H](NC(=O)CCOCC(COCCC(=O)N[C@@H](C)C(=O)N(C)O)(COCCC(=O)N[C@@H](C)C(=O)N(C)O)COCCC(=O)N1CCN(c2ccc([N+](=O)[O-])c3nonc23)CC1)C(=O)N(C)O. The third-order valence-corrected chi connectivity index (χ3v) is 10.3. The quantitative estimate of drug-likeness (QED) is 0.0243. The predicted octanol–water partition coefficient (Wildman–Crippen LogP) is -1.55. The molecule has 0 unspecified atom stereocenters. The zero-order valence-electron chi connectivity index (χ0n) is 38.3. The maximum Gasteiger partial charge on any atom is 0.300 e. The zero-order chi connectivity index (χ0) is 49.8. The zero-order valence-corrected chi connectivity index (χ0v) is 38.3. The molecule has 0 spiro atoms. The molecule has 0 aliphatic carbocycles. The van der Waals surface area contributed by atoms with Crippen LogP contribution >= 0.6 is 0 Å². The number of non-ortho nitro benzene ring substituents is 1. The lowest BCUT2D eigenvalue weighted by Crippen LogP contribution is -2.49.